The van der Waals surface area contributed by atoms with Crippen molar-refractivity contribution in [3.63, 3.8) is 0 Å². The molecule has 1 amide bonds. The average molecular weight is 328 g/mol. The third kappa shape index (κ3) is 4.73. The summed E-state index contributed by atoms with van der Waals surface area (Å²) in [7, 11) is 0. The Bertz CT molecular complexity index is 680. The molecule has 0 aromatic heterocycles. The molecule has 0 saturated carbocycles. The molecule has 0 spiro atoms. The number of hydrogen-bond donors (Lipinski definition) is 1. The normalized spacial score (nSPS) is 11.3. The number of nitriles is 1. The van der Waals surface area contributed by atoms with Crippen LogP contribution >= 0.6 is 11.6 Å². The van der Waals surface area contributed by atoms with Gasteiger partial charge in [0.15, 0.2) is 0 Å². The van der Waals surface area contributed by atoms with Gasteiger partial charge in [-0.3, -0.25) is 4.79 Å². The fraction of sp³-hybridized carbons (Fsp3) is 0.222. The number of hydrogen-bond acceptors (Lipinski definition) is 3. The summed E-state index contributed by atoms with van der Waals surface area (Å²) in [6.45, 7) is 2.22. The summed E-state index contributed by atoms with van der Waals surface area (Å²) in [5, 5.41) is 11.9. The number of halogens is 1. The van der Waals surface area contributed by atoms with Gasteiger partial charge in [0.05, 0.1) is 18.7 Å². The molecule has 0 heterocycles. The lowest BCUT2D eigenvalue weighted by Crippen LogP contribution is -2.38. The summed E-state index contributed by atoms with van der Waals surface area (Å²) in [6.07, 6.45) is 0. The van der Waals surface area contributed by atoms with Gasteiger partial charge in [-0.1, -0.05) is 41.9 Å². The predicted molar refractivity (Wildman–Crippen MR) is 92.3 cm³/mol. The topological polar surface area (TPSA) is 56.1 Å². The highest BCUT2D eigenvalue weighted by Crippen LogP contribution is 2.27. The first-order valence-electron chi connectivity index (χ1n) is 7.32. The second kappa shape index (κ2) is 8.21. The number of nitrogens with one attached hydrogen (secondary N) is 1. The minimum atomic E-state index is -0.184. The van der Waals surface area contributed by atoms with Gasteiger partial charge in [-0.25, -0.2) is 0 Å². The molecule has 4 nitrogen and oxygen atoms in total. The van der Waals surface area contributed by atoms with Crippen LogP contribution in [0, 0.1) is 11.3 Å². The van der Waals surface area contributed by atoms with Crippen LogP contribution < -0.4 is 10.2 Å². The Hall–Kier alpha value is -2.51. The molecule has 0 bridgehead atoms. The van der Waals surface area contributed by atoms with E-state index in [1.807, 2.05) is 72.5 Å². The van der Waals surface area contributed by atoms with Crippen LogP contribution in [0.25, 0.3) is 0 Å². The van der Waals surface area contributed by atoms with Crippen molar-refractivity contribution in [2.75, 3.05) is 18.0 Å². The summed E-state index contributed by atoms with van der Waals surface area (Å²) in [5.41, 5.74) is 2.01. The monoisotopic (exact) mass is 327 g/mol. The van der Waals surface area contributed by atoms with Crippen LogP contribution in [0.4, 0.5) is 5.69 Å². The van der Waals surface area contributed by atoms with Crippen LogP contribution in [0.3, 0.4) is 0 Å². The van der Waals surface area contributed by atoms with Crippen molar-refractivity contribution >= 4 is 23.2 Å². The maximum absolute atomic E-state index is 12.1. The van der Waals surface area contributed by atoms with Crippen molar-refractivity contribution in [3.05, 3.63) is 65.2 Å². The van der Waals surface area contributed by atoms with E-state index >= 15 is 0 Å². The van der Waals surface area contributed by atoms with Gasteiger partial charge in [0.25, 0.3) is 0 Å². The molecule has 0 aliphatic rings. The van der Waals surface area contributed by atoms with E-state index in [4.69, 9.17) is 16.9 Å². The maximum Gasteiger partial charge on any atom is 0.240 e. The third-order valence-electron chi connectivity index (χ3n) is 3.59. The SMILES string of the molecule is C[C@@H](c1ccc(Cl)cc1)N(CC(=O)NCC#N)c1ccccc1. The van der Waals surface area contributed by atoms with E-state index in [-0.39, 0.29) is 25.0 Å². The zero-order valence-corrected chi connectivity index (χ0v) is 13.6. The molecule has 0 fully saturated rings. The number of carbonyl (C=O) groups is 1. The van der Waals surface area contributed by atoms with Crippen molar-refractivity contribution in [1.82, 2.24) is 5.32 Å². The van der Waals surface area contributed by atoms with E-state index < -0.39 is 0 Å². The Morgan fingerprint density at radius 2 is 1.87 bits per heavy atom. The Morgan fingerprint density at radius 1 is 1.22 bits per heavy atom. The van der Waals surface area contributed by atoms with Crippen LogP contribution in [0.1, 0.15) is 18.5 Å². The predicted octanol–water partition coefficient (Wildman–Crippen LogP) is 3.55. The third-order valence-corrected chi connectivity index (χ3v) is 3.84. The minimum absolute atomic E-state index is 0.0107. The summed E-state index contributed by atoms with van der Waals surface area (Å²) in [4.78, 5) is 14.0. The molecule has 1 N–H and O–H groups in total. The lowest BCUT2D eigenvalue weighted by atomic mass is 10.1. The highest BCUT2D eigenvalue weighted by molar-refractivity contribution is 6.30. The standard InChI is InChI=1S/C18H18ClN3O/c1-14(15-7-9-16(19)10-8-15)22(13-18(23)21-12-11-20)17-5-3-2-4-6-17/h2-10,14H,12-13H2,1H3,(H,21,23)/t14-/m0/s1. The maximum atomic E-state index is 12.1. The Balaban J connectivity index is 2.24. The fourth-order valence-corrected chi connectivity index (χ4v) is 2.47. The van der Waals surface area contributed by atoms with Crippen molar-refractivity contribution < 1.29 is 4.79 Å². The number of nitrogens with zero attached hydrogens (tertiary/aromatic N) is 2. The molecule has 1 atom stereocenters. The first-order chi connectivity index (χ1) is 11.1. The second-order valence-corrected chi connectivity index (χ2v) is 5.56. The molecule has 0 aliphatic heterocycles. The van der Waals surface area contributed by atoms with Crippen molar-refractivity contribution in [2.24, 2.45) is 0 Å². The smallest absolute Gasteiger partial charge is 0.240 e. The number of rotatable bonds is 6. The van der Waals surface area contributed by atoms with Gasteiger partial charge in [0.1, 0.15) is 6.54 Å². The number of anilines is 1. The lowest BCUT2D eigenvalue weighted by molar-refractivity contribution is -0.119. The van der Waals surface area contributed by atoms with E-state index in [1.54, 1.807) is 0 Å². The first kappa shape index (κ1) is 16.9. The molecule has 118 valence electrons. The number of amides is 1. The van der Waals surface area contributed by atoms with E-state index in [1.165, 1.54) is 0 Å². The summed E-state index contributed by atoms with van der Waals surface area (Å²) < 4.78 is 0. The van der Waals surface area contributed by atoms with Gasteiger partial charge >= 0.3 is 0 Å². The largest absolute Gasteiger partial charge is 0.355 e. The van der Waals surface area contributed by atoms with Crippen LogP contribution in [0.5, 0.6) is 0 Å². The number of carbonyl (C=O) groups excluding carboxylic acids is 1. The van der Waals surface area contributed by atoms with Gasteiger partial charge in [-0.05, 0) is 36.8 Å². The fourth-order valence-electron chi connectivity index (χ4n) is 2.34. The summed E-state index contributed by atoms with van der Waals surface area (Å²) in [5.74, 6) is -0.184. The number of benzene rings is 2. The minimum Gasteiger partial charge on any atom is -0.355 e. The van der Waals surface area contributed by atoms with E-state index in [0.29, 0.717) is 5.02 Å². The molecule has 2 aromatic rings. The molecule has 5 heteroatoms. The average Bonchev–Trinajstić information content (AvgIpc) is 2.58. The van der Waals surface area contributed by atoms with Gasteiger partial charge in [-0.2, -0.15) is 5.26 Å². The van der Waals surface area contributed by atoms with Crippen LogP contribution in [-0.4, -0.2) is 19.0 Å². The lowest BCUT2D eigenvalue weighted by Gasteiger charge is -2.31. The molecule has 23 heavy (non-hydrogen) atoms. The van der Waals surface area contributed by atoms with Gasteiger partial charge in [-0.15, -0.1) is 0 Å². The highest BCUT2D eigenvalue weighted by atomic mass is 35.5. The molecular weight excluding hydrogens is 310 g/mol. The van der Waals surface area contributed by atoms with Crippen LogP contribution in [-0.2, 0) is 4.79 Å². The number of para-hydroxylation sites is 1. The van der Waals surface area contributed by atoms with Crippen LogP contribution in [0.15, 0.2) is 54.6 Å². The quantitative estimate of drug-likeness (QED) is 0.825. The van der Waals surface area contributed by atoms with Crippen LogP contribution in [0.2, 0.25) is 5.02 Å². The molecule has 0 radical (unpaired) electrons. The first-order valence-corrected chi connectivity index (χ1v) is 7.70. The summed E-state index contributed by atoms with van der Waals surface area (Å²) in [6, 6.07) is 19.2. The molecule has 0 unspecified atom stereocenters. The zero-order valence-electron chi connectivity index (χ0n) is 12.9. The zero-order chi connectivity index (χ0) is 16.7. The van der Waals surface area contributed by atoms with Crippen molar-refractivity contribution in [3.8, 4) is 6.07 Å². The Labute approximate surface area is 141 Å². The molecule has 0 aliphatic carbocycles. The van der Waals surface area contributed by atoms with Gasteiger partial charge < -0.3 is 10.2 Å². The molecule has 0 saturated heterocycles. The Kier molecular flexibility index (Phi) is 6.02. The molecular formula is C18H18ClN3O. The van der Waals surface area contributed by atoms with E-state index in [0.717, 1.165) is 11.3 Å². The second-order valence-electron chi connectivity index (χ2n) is 5.13. The Morgan fingerprint density at radius 3 is 2.48 bits per heavy atom. The van der Waals surface area contributed by atoms with Crippen molar-refractivity contribution in [2.45, 2.75) is 13.0 Å². The summed E-state index contributed by atoms with van der Waals surface area (Å²) >= 11 is 5.95. The van der Waals surface area contributed by atoms with Crippen molar-refractivity contribution in [1.29, 1.82) is 5.26 Å². The molecule has 2 aromatic carbocycles. The van der Waals surface area contributed by atoms with E-state index in [2.05, 4.69) is 5.32 Å². The van der Waals surface area contributed by atoms with E-state index in [9.17, 15) is 4.79 Å². The van der Waals surface area contributed by atoms with Gasteiger partial charge in [0.2, 0.25) is 5.91 Å². The highest BCUT2D eigenvalue weighted by Gasteiger charge is 2.19. The molecule has 2 rings (SSSR count). The van der Waals surface area contributed by atoms with Gasteiger partial charge in [0, 0.05) is 10.7 Å².